The van der Waals surface area contributed by atoms with Gasteiger partial charge in [0.25, 0.3) is 0 Å². The lowest BCUT2D eigenvalue weighted by Crippen LogP contribution is -2.58. The topological polar surface area (TPSA) is 113 Å². The number of methoxy groups -OCH3 is 1. The number of carboxylic acid groups (broad SMARTS) is 1. The van der Waals surface area contributed by atoms with Gasteiger partial charge in [0.1, 0.15) is 11.9 Å². The second-order valence-corrected chi connectivity index (χ2v) is 11.1. The SMILES string of the molecule is CO[C@](C)(C[C@@H](C)C(=O)O)[C@H](O[C@@H]1O[C@H](C)CC(N(C)C)C1OP)[C@H](C)C1=C(C)C(=O)OC(C)(C)O1. The van der Waals surface area contributed by atoms with Gasteiger partial charge in [-0.15, -0.1) is 0 Å². The number of nitrogens with zero attached hydrogens (tertiary/aromatic N) is 1. The Bertz CT molecular complexity index is 832. The Balaban J connectivity index is 2.56. The number of aliphatic carboxylic acids is 1. The lowest BCUT2D eigenvalue weighted by molar-refractivity contribution is -0.293. The third kappa shape index (κ3) is 6.97. The van der Waals surface area contributed by atoms with Crippen molar-refractivity contribution in [1.82, 2.24) is 4.90 Å². The number of esters is 1. The van der Waals surface area contributed by atoms with Crippen molar-refractivity contribution < 1.29 is 42.9 Å². The quantitative estimate of drug-likeness (QED) is 0.313. The van der Waals surface area contributed by atoms with Crippen LogP contribution in [0.1, 0.15) is 61.3 Å². The molecule has 0 aromatic heterocycles. The van der Waals surface area contributed by atoms with E-state index in [0.29, 0.717) is 11.3 Å². The van der Waals surface area contributed by atoms with Crippen molar-refractivity contribution >= 4 is 21.4 Å². The molecule has 2 aliphatic heterocycles. The van der Waals surface area contributed by atoms with Gasteiger partial charge in [-0.3, -0.25) is 4.79 Å². The van der Waals surface area contributed by atoms with Gasteiger partial charge in [-0.1, -0.05) is 13.8 Å². The predicted molar refractivity (Wildman–Crippen MR) is 136 cm³/mol. The second kappa shape index (κ2) is 12.0. The normalized spacial score (nSPS) is 30.7. The van der Waals surface area contributed by atoms with E-state index in [9.17, 15) is 14.7 Å². The van der Waals surface area contributed by atoms with Crippen LogP contribution in [0.5, 0.6) is 0 Å². The lowest BCUT2D eigenvalue weighted by Gasteiger charge is -2.48. The maximum absolute atomic E-state index is 12.6. The molecule has 0 radical (unpaired) electrons. The predicted octanol–water partition coefficient (Wildman–Crippen LogP) is 3.35. The Kier molecular flexibility index (Phi) is 10.4. The zero-order chi connectivity index (χ0) is 27.6. The third-order valence-corrected chi connectivity index (χ3v) is 7.44. The molecular weight excluding hydrogens is 489 g/mol. The van der Waals surface area contributed by atoms with Gasteiger partial charge in [0, 0.05) is 42.4 Å². The largest absolute Gasteiger partial charge is 0.481 e. The lowest BCUT2D eigenvalue weighted by atomic mass is 9.80. The molecule has 2 rings (SSSR count). The summed E-state index contributed by atoms with van der Waals surface area (Å²) in [6, 6.07) is 0.0137. The van der Waals surface area contributed by atoms with Crippen molar-refractivity contribution in [3.05, 3.63) is 11.3 Å². The molecule has 1 N–H and O–H groups in total. The van der Waals surface area contributed by atoms with Gasteiger partial charge in [-0.2, -0.15) is 0 Å². The molecule has 3 unspecified atom stereocenters. The van der Waals surface area contributed by atoms with E-state index in [4.69, 9.17) is 28.2 Å². The summed E-state index contributed by atoms with van der Waals surface area (Å²) in [7, 11) is 7.77. The minimum atomic E-state index is -1.17. The fourth-order valence-corrected chi connectivity index (χ4v) is 5.38. The van der Waals surface area contributed by atoms with Gasteiger partial charge in [-0.25, -0.2) is 4.79 Å². The first-order valence-corrected chi connectivity index (χ1v) is 12.8. The van der Waals surface area contributed by atoms with Crippen molar-refractivity contribution in [2.45, 2.75) is 103 Å². The Morgan fingerprint density at radius 3 is 2.42 bits per heavy atom. The average molecular weight is 534 g/mol. The number of cyclic esters (lactones) is 1. The number of ether oxygens (including phenoxy) is 5. The van der Waals surface area contributed by atoms with E-state index in [1.807, 2.05) is 34.9 Å². The minimum absolute atomic E-state index is 0.0137. The molecule has 9 atom stereocenters. The molecule has 1 fully saturated rings. The Morgan fingerprint density at radius 1 is 1.31 bits per heavy atom. The van der Waals surface area contributed by atoms with Crippen LogP contribution >= 0.6 is 9.47 Å². The molecule has 0 aromatic carbocycles. The molecule has 1 saturated heterocycles. The van der Waals surface area contributed by atoms with E-state index in [1.54, 1.807) is 27.7 Å². The van der Waals surface area contributed by atoms with Crippen LogP contribution in [-0.4, -0.2) is 85.2 Å². The zero-order valence-corrected chi connectivity index (χ0v) is 24.3. The van der Waals surface area contributed by atoms with Gasteiger partial charge in [0.15, 0.2) is 6.29 Å². The van der Waals surface area contributed by atoms with Crippen LogP contribution in [0.3, 0.4) is 0 Å². The molecule has 0 bridgehead atoms. The van der Waals surface area contributed by atoms with Gasteiger partial charge in [0.05, 0.1) is 29.3 Å². The van der Waals surface area contributed by atoms with E-state index < -0.39 is 53.7 Å². The Labute approximate surface area is 217 Å². The number of likely N-dealkylation sites (N-methyl/N-ethyl adjacent to an activating group) is 1. The summed E-state index contributed by atoms with van der Waals surface area (Å²) in [6.07, 6.45) is -1.21. The minimum Gasteiger partial charge on any atom is -0.481 e. The highest BCUT2D eigenvalue weighted by atomic mass is 31.0. The molecule has 0 aromatic rings. The number of rotatable bonds is 11. The van der Waals surface area contributed by atoms with E-state index in [1.165, 1.54) is 7.11 Å². The van der Waals surface area contributed by atoms with E-state index in [2.05, 4.69) is 14.4 Å². The first-order valence-electron chi connectivity index (χ1n) is 12.3. The molecule has 36 heavy (non-hydrogen) atoms. The average Bonchev–Trinajstić information content (AvgIpc) is 2.78. The molecule has 0 saturated carbocycles. The summed E-state index contributed by atoms with van der Waals surface area (Å²) in [5, 5.41) is 9.64. The van der Waals surface area contributed by atoms with E-state index in [0.717, 1.165) is 6.42 Å². The molecule has 0 amide bonds. The van der Waals surface area contributed by atoms with Crippen LogP contribution < -0.4 is 0 Å². The zero-order valence-electron chi connectivity index (χ0n) is 23.2. The van der Waals surface area contributed by atoms with E-state index >= 15 is 0 Å². The number of carboxylic acids is 1. The maximum atomic E-state index is 12.6. The smallest absolute Gasteiger partial charge is 0.340 e. The number of hydrogen-bond donors (Lipinski definition) is 1. The number of carbonyl (C=O) groups excluding carboxylic acids is 1. The van der Waals surface area contributed by atoms with Gasteiger partial charge < -0.3 is 38.2 Å². The monoisotopic (exact) mass is 533 g/mol. The maximum Gasteiger partial charge on any atom is 0.340 e. The first-order chi connectivity index (χ1) is 16.6. The molecule has 2 aliphatic rings. The van der Waals surface area contributed by atoms with Gasteiger partial charge in [0.2, 0.25) is 5.79 Å². The van der Waals surface area contributed by atoms with Crippen LogP contribution in [0, 0.1) is 11.8 Å². The Hall–Kier alpha value is -1.29. The fourth-order valence-electron chi connectivity index (χ4n) is 5.07. The van der Waals surface area contributed by atoms with Crippen molar-refractivity contribution in [2.24, 2.45) is 11.8 Å². The highest BCUT2D eigenvalue weighted by Gasteiger charge is 2.50. The number of hydrogen-bond acceptors (Lipinski definition) is 9. The summed E-state index contributed by atoms with van der Waals surface area (Å²) in [4.78, 5) is 26.5. The van der Waals surface area contributed by atoms with Crippen LogP contribution in [0.2, 0.25) is 0 Å². The van der Waals surface area contributed by atoms with Crippen molar-refractivity contribution in [1.29, 1.82) is 0 Å². The first kappa shape index (κ1) is 30.9. The molecule has 0 aliphatic carbocycles. The third-order valence-electron chi connectivity index (χ3n) is 7.13. The molecule has 10 nitrogen and oxygen atoms in total. The Morgan fingerprint density at radius 2 is 1.92 bits per heavy atom. The molecule has 11 heteroatoms. The van der Waals surface area contributed by atoms with E-state index in [-0.39, 0.29) is 18.6 Å². The van der Waals surface area contributed by atoms with Crippen LogP contribution in [0.4, 0.5) is 0 Å². The molecular formula is C25H44NO9P. The summed E-state index contributed by atoms with van der Waals surface area (Å²) in [6.45, 7) is 12.2. The van der Waals surface area contributed by atoms with Crippen LogP contribution in [0.15, 0.2) is 11.3 Å². The second-order valence-electron chi connectivity index (χ2n) is 10.9. The summed E-state index contributed by atoms with van der Waals surface area (Å²) >= 11 is 0. The van der Waals surface area contributed by atoms with Gasteiger partial charge in [-0.05, 0) is 47.7 Å². The van der Waals surface area contributed by atoms with Crippen LogP contribution in [-0.2, 0) is 37.8 Å². The summed E-state index contributed by atoms with van der Waals surface area (Å²) in [5.41, 5.74) is -0.759. The molecule has 2 heterocycles. The summed E-state index contributed by atoms with van der Waals surface area (Å²) in [5.74, 6) is -3.42. The molecule has 0 spiro atoms. The van der Waals surface area contributed by atoms with Crippen LogP contribution in [0.25, 0.3) is 0 Å². The standard InChI is InChI=1S/C25H44NO9P/c1-13(21(27)28)12-25(7,30-10)20(15(3)18-16(4)22(29)34-24(5,6)33-18)32-23-19(35-36)17(26(8)9)11-14(2)31-23/h13-15,17,19-20,23H,11-12,36H2,1-10H3,(H,27,28)/t13-,14-,15-,17?,19?,20-,23+,25-/m1/s1. The van der Waals surface area contributed by atoms with Crippen molar-refractivity contribution in [2.75, 3.05) is 21.2 Å². The number of carbonyl (C=O) groups is 2. The fraction of sp³-hybridized carbons (Fsp3) is 0.840. The van der Waals surface area contributed by atoms with Crippen molar-refractivity contribution in [3.8, 4) is 0 Å². The highest BCUT2D eigenvalue weighted by molar-refractivity contribution is 7.09. The molecule has 208 valence electrons. The van der Waals surface area contributed by atoms with Gasteiger partial charge >= 0.3 is 11.9 Å². The summed E-state index contributed by atoms with van der Waals surface area (Å²) < 4.78 is 36.1. The van der Waals surface area contributed by atoms with Crippen molar-refractivity contribution in [3.63, 3.8) is 0 Å². The highest BCUT2D eigenvalue weighted by Crippen LogP contribution is 2.41.